The largest absolute Gasteiger partial charge is 0.223 e. The summed E-state index contributed by atoms with van der Waals surface area (Å²) in [7, 11) is -3.40. The van der Waals surface area contributed by atoms with Gasteiger partial charge in [-0.25, -0.2) is 8.42 Å². The molecular weight excluding hydrogens is 279 g/mol. The lowest BCUT2D eigenvalue weighted by Crippen LogP contribution is -2.04. The van der Waals surface area contributed by atoms with E-state index in [4.69, 9.17) is 23.2 Å². The van der Waals surface area contributed by atoms with Gasteiger partial charge in [0, 0.05) is 5.02 Å². The Morgan fingerprint density at radius 1 is 1.06 bits per heavy atom. The van der Waals surface area contributed by atoms with E-state index >= 15 is 0 Å². The molecule has 0 aliphatic rings. The highest BCUT2D eigenvalue weighted by molar-refractivity contribution is 7.91. The molecule has 5 heteroatoms. The molecule has 88 valence electrons. The van der Waals surface area contributed by atoms with Gasteiger partial charge in [0.2, 0.25) is 0 Å². The van der Waals surface area contributed by atoms with E-state index in [2.05, 4.69) is 23.7 Å². The Balaban J connectivity index is 2.81. The first kappa shape index (κ1) is 13.9. The maximum atomic E-state index is 11.8. The standard InChI is InChI=1S/C12H8Cl2O2S/c13-9-3-1-2-4-10-17(15,16)12-7-5-11(14)6-8-12/h5-8H,9-10H2. The van der Waals surface area contributed by atoms with E-state index in [9.17, 15) is 8.42 Å². The molecular formula is C12H8Cl2O2S. The minimum absolute atomic E-state index is 0.179. The van der Waals surface area contributed by atoms with Gasteiger partial charge in [0.1, 0.15) is 5.75 Å². The minimum atomic E-state index is -3.40. The number of halogens is 2. The average molecular weight is 287 g/mol. The summed E-state index contributed by atoms with van der Waals surface area (Å²) in [5.74, 6) is 9.75. The normalized spacial score (nSPS) is 9.76. The lowest BCUT2D eigenvalue weighted by molar-refractivity contribution is 0.599. The van der Waals surface area contributed by atoms with Crippen LogP contribution >= 0.6 is 23.2 Å². The Morgan fingerprint density at radius 2 is 1.65 bits per heavy atom. The maximum absolute atomic E-state index is 11.8. The van der Waals surface area contributed by atoms with Crippen molar-refractivity contribution >= 4 is 33.0 Å². The average Bonchev–Trinajstić information content (AvgIpc) is 2.29. The van der Waals surface area contributed by atoms with E-state index in [-0.39, 0.29) is 16.5 Å². The van der Waals surface area contributed by atoms with Gasteiger partial charge in [0.25, 0.3) is 0 Å². The van der Waals surface area contributed by atoms with E-state index < -0.39 is 9.84 Å². The first-order valence-electron chi connectivity index (χ1n) is 4.56. The molecule has 0 unspecified atom stereocenters. The lowest BCUT2D eigenvalue weighted by Gasteiger charge is -1.99. The highest BCUT2D eigenvalue weighted by Crippen LogP contribution is 2.14. The van der Waals surface area contributed by atoms with Gasteiger partial charge in [0.15, 0.2) is 9.84 Å². The van der Waals surface area contributed by atoms with Crippen molar-refractivity contribution in [2.24, 2.45) is 0 Å². The van der Waals surface area contributed by atoms with Crippen LogP contribution in [0.2, 0.25) is 5.02 Å². The number of sulfone groups is 1. The van der Waals surface area contributed by atoms with Crippen LogP contribution in [0.15, 0.2) is 29.2 Å². The second kappa shape index (κ2) is 6.57. The van der Waals surface area contributed by atoms with Crippen LogP contribution in [0.3, 0.4) is 0 Å². The molecule has 0 radical (unpaired) electrons. The molecule has 0 atom stereocenters. The zero-order chi connectivity index (χ0) is 12.7. The van der Waals surface area contributed by atoms with E-state index in [1.165, 1.54) is 24.3 Å². The van der Waals surface area contributed by atoms with Crippen molar-refractivity contribution in [1.29, 1.82) is 0 Å². The van der Waals surface area contributed by atoms with Crippen molar-refractivity contribution in [3.63, 3.8) is 0 Å². The van der Waals surface area contributed by atoms with Crippen LogP contribution < -0.4 is 0 Å². The SMILES string of the molecule is O=S(=O)(CC#CC#CCCl)c1ccc(Cl)cc1. The number of hydrogen-bond acceptors (Lipinski definition) is 2. The molecule has 0 saturated carbocycles. The maximum Gasteiger partial charge on any atom is 0.189 e. The molecule has 0 N–H and O–H groups in total. The summed E-state index contributed by atoms with van der Waals surface area (Å²) in [5.41, 5.74) is 0. The third-order valence-electron chi connectivity index (χ3n) is 1.74. The molecule has 0 spiro atoms. The van der Waals surface area contributed by atoms with Gasteiger partial charge in [0.05, 0.1) is 10.8 Å². The van der Waals surface area contributed by atoms with Gasteiger partial charge in [-0.2, -0.15) is 0 Å². The molecule has 1 aromatic rings. The Kier molecular flexibility index (Phi) is 5.38. The summed E-state index contributed by atoms with van der Waals surface area (Å²) in [6, 6.07) is 5.94. The Labute approximate surface area is 111 Å². The Bertz CT molecular complexity index is 596. The molecule has 1 aromatic carbocycles. The van der Waals surface area contributed by atoms with Gasteiger partial charge in [-0.15, -0.1) is 11.6 Å². The number of benzene rings is 1. The van der Waals surface area contributed by atoms with E-state index in [1.807, 2.05) is 0 Å². The highest BCUT2D eigenvalue weighted by atomic mass is 35.5. The summed E-state index contributed by atoms with van der Waals surface area (Å²) >= 11 is 11.0. The smallest absolute Gasteiger partial charge is 0.189 e. The summed E-state index contributed by atoms with van der Waals surface area (Å²) in [6.07, 6.45) is 0. The first-order valence-corrected chi connectivity index (χ1v) is 7.13. The second-order valence-electron chi connectivity index (χ2n) is 2.95. The number of alkyl halides is 1. The second-order valence-corrected chi connectivity index (χ2v) is 5.64. The predicted molar refractivity (Wildman–Crippen MR) is 69.8 cm³/mol. The zero-order valence-electron chi connectivity index (χ0n) is 8.70. The van der Waals surface area contributed by atoms with Crippen LogP contribution in [0.1, 0.15) is 0 Å². The zero-order valence-corrected chi connectivity index (χ0v) is 11.0. The quantitative estimate of drug-likeness (QED) is 0.618. The van der Waals surface area contributed by atoms with Crippen LogP contribution in [0, 0.1) is 23.7 Å². The van der Waals surface area contributed by atoms with Crippen LogP contribution in [0.5, 0.6) is 0 Å². The van der Waals surface area contributed by atoms with E-state index in [0.29, 0.717) is 5.02 Å². The highest BCUT2D eigenvalue weighted by Gasteiger charge is 2.11. The fraction of sp³-hybridized carbons (Fsp3) is 0.167. The Hall–Kier alpha value is -1.13. The van der Waals surface area contributed by atoms with Crippen LogP contribution in [0.25, 0.3) is 0 Å². The lowest BCUT2D eigenvalue weighted by atomic mass is 10.4. The summed E-state index contributed by atoms with van der Waals surface area (Å²) in [4.78, 5) is 0.196. The van der Waals surface area contributed by atoms with Crippen LogP contribution in [-0.2, 0) is 9.84 Å². The first-order chi connectivity index (χ1) is 8.06. The predicted octanol–water partition coefficient (Wildman–Crippen LogP) is 2.36. The van der Waals surface area contributed by atoms with Crippen molar-refractivity contribution in [2.45, 2.75) is 4.90 Å². The van der Waals surface area contributed by atoms with E-state index in [1.54, 1.807) is 0 Å². The molecule has 0 fully saturated rings. The fourth-order valence-corrected chi connectivity index (χ4v) is 2.15. The fourth-order valence-electron chi connectivity index (χ4n) is 0.978. The molecule has 0 aliphatic carbocycles. The van der Waals surface area contributed by atoms with Crippen molar-refractivity contribution in [1.82, 2.24) is 0 Å². The van der Waals surface area contributed by atoms with Gasteiger partial charge in [-0.05, 0) is 36.1 Å². The monoisotopic (exact) mass is 286 g/mol. The van der Waals surface area contributed by atoms with Gasteiger partial charge in [-0.3, -0.25) is 0 Å². The van der Waals surface area contributed by atoms with Crippen molar-refractivity contribution in [2.75, 3.05) is 11.6 Å². The summed E-state index contributed by atoms with van der Waals surface area (Å²) in [5, 5.41) is 0.489. The minimum Gasteiger partial charge on any atom is -0.223 e. The Morgan fingerprint density at radius 3 is 2.24 bits per heavy atom. The molecule has 0 saturated heterocycles. The topological polar surface area (TPSA) is 34.1 Å². The molecule has 17 heavy (non-hydrogen) atoms. The van der Waals surface area contributed by atoms with Gasteiger partial charge >= 0.3 is 0 Å². The van der Waals surface area contributed by atoms with Crippen molar-refractivity contribution in [3.8, 4) is 23.7 Å². The third kappa shape index (κ3) is 4.71. The third-order valence-corrected chi connectivity index (χ3v) is 3.64. The van der Waals surface area contributed by atoms with Crippen LogP contribution in [0.4, 0.5) is 0 Å². The number of rotatable bonds is 2. The van der Waals surface area contributed by atoms with Crippen LogP contribution in [-0.4, -0.2) is 20.1 Å². The molecule has 0 aromatic heterocycles. The number of hydrogen-bond donors (Lipinski definition) is 0. The van der Waals surface area contributed by atoms with Gasteiger partial charge < -0.3 is 0 Å². The van der Waals surface area contributed by atoms with Crippen molar-refractivity contribution < 1.29 is 8.42 Å². The molecule has 0 amide bonds. The summed E-state index contributed by atoms with van der Waals surface area (Å²) in [6.45, 7) is 0. The molecule has 0 heterocycles. The molecule has 0 aliphatic heterocycles. The molecule has 2 nitrogen and oxygen atoms in total. The van der Waals surface area contributed by atoms with Gasteiger partial charge in [-0.1, -0.05) is 23.4 Å². The summed E-state index contributed by atoms with van der Waals surface area (Å²) < 4.78 is 23.5. The van der Waals surface area contributed by atoms with Crippen molar-refractivity contribution in [3.05, 3.63) is 29.3 Å². The molecule has 0 bridgehead atoms. The molecule has 1 rings (SSSR count). The van der Waals surface area contributed by atoms with E-state index in [0.717, 1.165) is 0 Å².